The Morgan fingerprint density at radius 2 is 2.14 bits per heavy atom. The average molecular weight is 330 g/mol. The molecule has 5 nitrogen and oxygen atoms in total. The molecule has 1 saturated carbocycles. The summed E-state index contributed by atoms with van der Waals surface area (Å²) in [6, 6.07) is 0.441. The van der Waals surface area contributed by atoms with Crippen LogP contribution in [-0.2, 0) is 4.74 Å². The van der Waals surface area contributed by atoms with Gasteiger partial charge in [-0.15, -0.1) is 0 Å². The lowest BCUT2D eigenvalue weighted by molar-refractivity contribution is 0.0356. The predicted molar refractivity (Wildman–Crippen MR) is 92.6 cm³/mol. The van der Waals surface area contributed by atoms with E-state index < -0.39 is 0 Å². The van der Waals surface area contributed by atoms with Gasteiger partial charge in [0.2, 0.25) is 0 Å². The van der Waals surface area contributed by atoms with Crippen molar-refractivity contribution in [1.82, 2.24) is 15.1 Å². The first-order valence-electron chi connectivity index (χ1n) is 8.62. The molecule has 22 heavy (non-hydrogen) atoms. The molecule has 1 N–H and O–H groups in total. The molecule has 0 radical (unpaired) electrons. The quantitative estimate of drug-likeness (QED) is 0.810. The maximum Gasteiger partial charge on any atom is 0.317 e. The fourth-order valence-corrected chi connectivity index (χ4v) is 4.34. The smallest absolute Gasteiger partial charge is 0.317 e. The Bertz CT molecular complexity index is 335. The second kappa shape index (κ2) is 9.63. The van der Waals surface area contributed by atoms with Crippen molar-refractivity contribution in [2.45, 2.75) is 43.9 Å². The summed E-state index contributed by atoms with van der Waals surface area (Å²) in [6.45, 7) is 7.52. The van der Waals surface area contributed by atoms with Crippen LogP contribution in [0.5, 0.6) is 0 Å². The van der Waals surface area contributed by atoms with Crippen LogP contribution in [0.15, 0.2) is 0 Å². The van der Waals surface area contributed by atoms with Gasteiger partial charge in [0.25, 0.3) is 0 Å². The Hall–Kier alpha value is -0.460. The van der Waals surface area contributed by atoms with Crippen LogP contribution in [0.4, 0.5) is 4.79 Å². The molecule has 2 amide bonds. The predicted octanol–water partition coefficient (Wildman–Crippen LogP) is 2.02. The van der Waals surface area contributed by atoms with Gasteiger partial charge < -0.3 is 15.0 Å². The van der Waals surface area contributed by atoms with Gasteiger partial charge >= 0.3 is 6.03 Å². The number of likely N-dealkylation sites (N-methyl/N-ethyl adjacent to an activating group) is 1. The Morgan fingerprint density at radius 3 is 2.86 bits per heavy atom. The normalized spacial score (nSPS) is 26.6. The Kier molecular flexibility index (Phi) is 7.83. The van der Waals surface area contributed by atoms with Gasteiger partial charge in [-0.05, 0) is 25.0 Å². The number of carbonyl (C=O) groups is 1. The zero-order valence-electron chi connectivity index (χ0n) is 14.1. The monoisotopic (exact) mass is 329 g/mol. The molecule has 128 valence electrons. The third kappa shape index (κ3) is 5.97. The number of nitrogens with one attached hydrogen (secondary N) is 1. The average Bonchev–Trinajstić information content (AvgIpc) is 2.54. The fourth-order valence-electron chi connectivity index (χ4n) is 3.17. The highest BCUT2D eigenvalue weighted by Gasteiger charge is 2.24. The van der Waals surface area contributed by atoms with Crippen LogP contribution < -0.4 is 5.32 Å². The number of urea groups is 1. The van der Waals surface area contributed by atoms with Gasteiger partial charge in [-0.25, -0.2) is 4.79 Å². The molecule has 2 atom stereocenters. The minimum absolute atomic E-state index is 0.0837. The molecule has 1 heterocycles. The third-order valence-electron chi connectivity index (χ3n) is 4.56. The van der Waals surface area contributed by atoms with Crippen LogP contribution in [0.2, 0.25) is 0 Å². The number of thioether (sulfide) groups is 1. The maximum atomic E-state index is 12.3. The third-order valence-corrected chi connectivity index (χ3v) is 5.79. The molecule has 1 saturated heterocycles. The van der Waals surface area contributed by atoms with Crippen molar-refractivity contribution in [2.24, 2.45) is 0 Å². The van der Waals surface area contributed by atoms with Crippen LogP contribution >= 0.6 is 11.8 Å². The first-order chi connectivity index (χ1) is 10.7. The van der Waals surface area contributed by atoms with Crippen molar-refractivity contribution in [2.75, 3.05) is 52.2 Å². The molecule has 0 unspecified atom stereocenters. The van der Waals surface area contributed by atoms with Crippen molar-refractivity contribution in [3.05, 3.63) is 0 Å². The van der Waals surface area contributed by atoms with Crippen molar-refractivity contribution in [1.29, 1.82) is 0 Å². The minimum Gasteiger partial charge on any atom is -0.379 e. The molecule has 0 aromatic carbocycles. The van der Waals surface area contributed by atoms with Gasteiger partial charge in [-0.1, -0.05) is 13.3 Å². The molecule has 2 rings (SSSR count). The number of morpholine rings is 1. The zero-order valence-corrected chi connectivity index (χ0v) is 14.9. The van der Waals surface area contributed by atoms with Crippen LogP contribution in [0.3, 0.4) is 0 Å². The van der Waals surface area contributed by atoms with Gasteiger partial charge in [0.15, 0.2) is 0 Å². The van der Waals surface area contributed by atoms with Crippen LogP contribution in [0, 0.1) is 0 Å². The standard InChI is InChI=1S/C16H31N3O2S/c1-3-22-15-6-4-5-14(13-15)17-16(20)18(2)7-8-19-9-11-21-12-10-19/h14-15H,3-13H2,1-2H3,(H,17,20)/t14-,15-/m1/s1. The number of carbonyl (C=O) groups excluding carboxylic acids is 1. The van der Waals surface area contributed by atoms with E-state index in [2.05, 4.69) is 17.1 Å². The van der Waals surface area contributed by atoms with E-state index in [9.17, 15) is 4.79 Å². The summed E-state index contributed by atoms with van der Waals surface area (Å²) in [5.41, 5.74) is 0. The van der Waals surface area contributed by atoms with E-state index in [0.717, 1.165) is 57.5 Å². The lowest BCUT2D eigenvalue weighted by atomic mass is 9.95. The summed E-state index contributed by atoms with van der Waals surface area (Å²) in [4.78, 5) is 16.5. The molecule has 2 aliphatic rings. The highest BCUT2D eigenvalue weighted by Crippen LogP contribution is 2.28. The van der Waals surface area contributed by atoms with Crippen molar-refractivity contribution in [3.63, 3.8) is 0 Å². The molecule has 2 fully saturated rings. The number of hydrogen-bond donors (Lipinski definition) is 1. The molecular formula is C16H31N3O2S. The second-order valence-electron chi connectivity index (χ2n) is 6.27. The lowest BCUT2D eigenvalue weighted by Crippen LogP contribution is -2.48. The van der Waals surface area contributed by atoms with Crippen molar-refractivity contribution >= 4 is 17.8 Å². The molecule has 1 aliphatic heterocycles. The first kappa shape index (κ1) is 17.9. The number of rotatable bonds is 6. The van der Waals surface area contributed by atoms with E-state index in [1.54, 1.807) is 0 Å². The van der Waals surface area contributed by atoms with E-state index >= 15 is 0 Å². The molecule has 1 aliphatic carbocycles. The largest absolute Gasteiger partial charge is 0.379 e. The summed E-state index contributed by atoms with van der Waals surface area (Å²) in [7, 11) is 1.90. The van der Waals surface area contributed by atoms with Gasteiger partial charge in [-0.3, -0.25) is 4.90 Å². The zero-order chi connectivity index (χ0) is 15.8. The summed E-state index contributed by atoms with van der Waals surface area (Å²) < 4.78 is 5.35. The van der Waals surface area contributed by atoms with E-state index in [1.807, 2.05) is 23.7 Å². The van der Waals surface area contributed by atoms with E-state index in [1.165, 1.54) is 18.6 Å². The number of hydrogen-bond acceptors (Lipinski definition) is 4. The SMILES string of the molecule is CCS[C@@H]1CCC[C@@H](NC(=O)N(C)CCN2CCOCC2)C1. The first-order valence-corrected chi connectivity index (χ1v) is 9.67. The van der Waals surface area contributed by atoms with Crippen LogP contribution in [0.25, 0.3) is 0 Å². The van der Waals surface area contributed by atoms with Crippen molar-refractivity contribution in [3.8, 4) is 0 Å². The molecule has 0 bridgehead atoms. The van der Waals surface area contributed by atoms with Crippen LogP contribution in [-0.4, -0.2) is 79.3 Å². The van der Waals surface area contributed by atoms with Crippen molar-refractivity contribution < 1.29 is 9.53 Å². The Balaban J connectivity index is 1.66. The Morgan fingerprint density at radius 1 is 1.36 bits per heavy atom. The Labute approximate surface area is 139 Å². The molecule has 0 spiro atoms. The fraction of sp³-hybridized carbons (Fsp3) is 0.938. The topological polar surface area (TPSA) is 44.8 Å². The number of amides is 2. The highest BCUT2D eigenvalue weighted by molar-refractivity contribution is 7.99. The van der Waals surface area contributed by atoms with Gasteiger partial charge in [0, 0.05) is 44.5 Å². The summed E-state index contributed by atoms with van der Waals surface area (Å²) >= 11 is 2.04. The maximum absolute atomic E-state index is 12.3. The van der Waals surface area contributed by atoms with E-state index in [4.69, 9.17) is 4.74 Å². The van der Waals surface area contributed by atoms with Gasteiger partial charge in [-0.2, -0.15) is 11.8 Å². The van der Waals surface area contributed by atoms with Gasteiger partial charge in [0.1, 0.15) is 0 Å². The molecule has 6 heteroatoms. The molecular weight excluding hydrogens is 298 g/mol. The summed E-state index contributed by atoms with van der Waals surface area (Å²) in [5.74, 6) is 1.17. The summed E-state index contributed by atoms with van der Waals surface area (Å²) in [5, 5.41) is 3.95. The number of ether oxygens (including phenoxy) is 1. The minimum atomic E-state index is 0.0837. The van der Waals surface area contributed by atoms with Gasteiger partial charge in [0.05, 0.1) is 13.2 Å². The summed E-state index contributed by atoms with van der Waals surface area (Å²) in [6.07, 6.45) is 4.79. The van der Waals surface area contributed by atoms with E-state index in [-0.39, 0.29) is 6.03 Å². The second-order valence-corrected chi connectivity index (χ2v) is 7.84. The lowest BCUT2D eigenvalue weighted by Gasteiger charge is -2.32. The number of nitrogens with zero attached hydrogens (tertiary/aromatic N) is 2. The molecule has 0 aromatic heterocycles. The van der Waals surface area contributed by atoms with Crippen LogP contribution in [0.1, 0.15) is 32.6 Å². The van der Waals surface area contributed by atoms with E-state index in [0.29, 0.717) is 6.04 Å². The molecule has 0 aromatic rings. The highest BCUT2D eigenvalue weighted by atomic mass is 32.2.